The number of rotatable bonds is 8. The molecule has 0 bridgehead atoms. The van der Waals surface area contributed by atoms with Crippen LogP contribution in [0.4, 0.5) is 0 Å². The molecule has 9 heteroatoms. The Morgan fingerprint density at radius 2 is 1.85 bits per heavy atom. The molecule has 1 saturated carbocycles. The molecule has 6 nitrogen and oxygen atoms in total. The van der Waals surface area contributed by atoms with Crippen molar-refractivity contribution in [2.24, 2.45) is 0 Å². The zero-order chi connectivity index (χ0) is 22.3. The summed E-state index contributed by atoms with van der Waals surface area (Å²) >= 11 is 1.50. The first kappa shape index (κ1) is 28.1. The van der Waals surface area contributed by atoms with Crippen LogP contribution in [0.5, 0.6) is 5.75 Å². The van der Waals surface area contributed by atoms with Crippen LogP contribution < -0.4 is 10.1 Å². The number of carbonyl (C=O) groups is 1. The van der Waals surface area contributed by atoms with Crippen LogP contribution in [0, 0.1) is 0 Å². The van der Waals surface area contributed by atoms with Gasteiger partial charge in [-0.05, 0) is 68.8 Å². The van der Waals surface area contributed by atoms with Crippen molar-refractivity contribution in [2.45, 2.75) is 51.2 Å². The van der Waals surface area contributed by atoms with Gasteiger partial charge in [-0.25, -0.2) is 9.97 Å². The fourth-order valence-corrected chi connectivity index (χ4v) is 5.07. The van der Waals surface area contributed by atoms with Crippen molar-refractivity contribution in [3.8, 4) is 16.9 Å². The van der Waals surface area contributed by atoms with E-state index in [9.17, 15) is 4.79 Å². The number of benzene rings is 1. The van der Waals surface area contributed by atoms with Crippen molar-refractivity contribution >= 4 is 42.1 Å². The number of hydrogen-bond acceptors (Lipinski definition) is 6. The molecule has 34 heavy (non-hydrogen) atoms. The van der Waals surface area contributed by atoms with Crippen molar-refractivity contribution < 1.29 is 9.53 Å². The highest BCUT2D eigenvalue weighted by atomic mass is 35.5. The van der Waals surface area contributed by atoms with Gasteiger partial charge < -0.3 is 15.0 Å². The number of aromatic nitrogens is 2. The Morgan fingerprint density at radius 1 is 1.12 bits per heavy atom. The molecule has 2 heterocycles. The molecule has 1 amide bonds. The molecule has 1 aliphatic carbocycles. The molecule has 1 N–H and O–H groups in total. The Kier molecular flexibility index (Phi) is 11.2. The quantitative estimate of drug-likeness (QED) is 0.415. The highest BCUT2D eigenvalue weighted by Crippen LogP contribution is 2.31. The average Bonchev–Trinajstić information content (AvgIpc) is 3.39. The van der Waals surface area contributed by atoms with Gasteiger partial charge in [0.15, 0.2) is 0 Å². The van der Waals surface area contributed by atoms with E-state index >= 15 is 0 Å². The number of nitrogens with zero attached hydrogens (tertiary/aromatic N) is 3. The first-order chi connectivity index (χ1) is 15.7. The Balaban J connectivity index is 0.00000204. The standard InChI is InChI=1S/C25H30N4O2S.2ClH/c1-3-31-23-11-6-18(20-14-27-17-28-15-20)13-19(23)16-29(25(30)24-5-4-12-32-24)22-9-7-21(26-2)8-10-22;;/h4-6,11-15,17,21-22,26H,3,7-10,16H2,1-2H3;2*1H. The highest BCUT2D eigenvalue weighted by molar-refractivity contribution is 7.12. The molecule has 0 spiro atoms. The van der Waals surface area contributed by atoms with Crippen LogP contribution in [0.2, 0.25) is 0 Å². The number of halogens is 2. The van der Waals surface area contributed by atoms with Crippen LogP contribution in [0.25, 0.3) is 11.1 Å². The maximum absolute atomic E-state index is 13.5. The molecule has 0 atom stereocenters. The zero-order valence-electron chi connectivity index (χ0n) is 19.5. The molecular formula is C25H32Cl2N4O2S. The minimum Gasteiger partial charge on any atom is -0.494 e. The summed E-state index contributed by atoms with van der Waals surface area (Å²) in [4.78, 5) is 24.7. The van der Waals surface area contributed by atoms with E-state index in [1.54, 1.807) is 12.4 Å². The lowest BCUT2D eigenvalue weighted by Crippen LogP contribution is -2.44. The first-order valence-corrected chi connectivity index (χ1v) is 12.1. The van der Waals surface area contributed by atoms with Gasteiger partial charge >= 0.3 is 0 Å². The van der Waals surface area contributed by atoms with E-state index in [1.807, 2.05) is 43.6 Å². The van der Waals surface area contributed by atoms with Crippen molar-refractivity contribution in [1.29, 1.82) is 0 Å². The Hall–Kier alpha value is -2.19. The Labute approximate surface area is 218 Å². The van der Waals surface area contributed by atoms with Crippen LogP contribution in [0.3, 0.4) is 0 Å². The second kappa shape index (κ2) is 13.6. The van der Waals surface area contributed by atoms with Crippen LogP contribution >= 0.6 is 36.2 Å². The molecular weight excluding hydrogens is 491 g/mol. The van der Waals surface area contributed by atoms with E-state index in [0.29, 0.717) is 19.2 Å². The van der Waals surface area contributed by atoms with Crippen molar-refractivity contribution in [3.05, 3.63) is 64.9 Å². The van der Waals surface area contributed by atoms with Gasteiger partial charge in [-0.15, -0.1) is 36.2 Å². The molecule has 0 saturated heterocycles. The number of thiophene rings is 1. The molecule has 0 unspecified atom stereocenters. The largest absolute Gasteiger partial charge is 0.494 e. The molecule has 0 aliphatic heterocycles. The summed E-state index contributed by atoms with van der Waals surface area (Å²) in [7, 11) is 2.02. The van der Waals surface area contributed by atoms with Crippen LogP contribution in [0.15, 0.2) is 54.4 Å². The summed E-state index contributed by atoms with van der Waals surface area (Å²) in [6.07, 6.45) is 9.30. The van der Waals surface area contributed by atoms with E-state index in [-0.39, 0.29) is 36.8 Å². The van der Waals surface area contributed by atoms with Gasteiger partial charge in [0.2, 0.25) is 0 Å². The smallest absolute Gasteiger partial charge is 0.264 e. The predicted octanol–water partition coefficient (Wildman–Crippen LogP) is 5.62. The van der Waals surface area contributed by atoms with E-state index in [4.69, 9.17) is 4.74 Å². The monoisotopic (exact) mass is 522 g/mol. The molecule has 184 valence electrons. The third-order valence-electron chi connectivity index (χ3n) is 6.13. The number of nitrogens with one attached hydrogen (secondary N) is 1. The number of hydrogen-bond donors (Lipinski definition) is 1. The first-order valence-electron chi connectivity index (χ1n) is 11.2. The Morgan fingerprint density at radius 3 is 2.47 bits per heavy atom. The van der Waals surface area contributed by atoms with Gasteiger partial charge in [0.05, 0.1) is 11.5 Å². The number of amides is 1. The van der Waals surface area contributed by atoms with Crippen molar-refractivity contribution in [3.63, 3.8) is 0 Å². The highest BCUT2D eigenvalue weighted by Gasteiger charge is 2.30. The van der Waals surface area contributed by atoms with Gasteiger partial charge in [0.25, 0.3) is 5.91 Å². The van der Waals surface area contributed by atoms with E-state index in [0.717, 1.165) is 53.0 Å². The molecule has 0 radical (unpaired) electrons. The molecule has 3 aromatic rings. The predicted molar refractivity (Wildman–Crippen MR) is 142 cm³/mol. The van der Waals surface area contributed by atoms with Crippen molar-refractivity contribution in [2.75, 3.05) is 13.7 Å². The maximum Gasteiger partial charge on any atom is 0.264 e. The third kappa shape index (κ3) is 6.69. The summed E-state index contributed by atoms with van der Waals surface area (Å²) in [5, 5.41) is 5.35. The fourth-order valence-electron chi connectivity index (χ4n) is 4.40. The number of ether oxygens (including phenoxy) is 1. The second-order valence-corrected chi connectivity index (χ2v) is 9.03. The van der Waals surface area contributed by atoms with Crippen LogP contribution in [-0.4, -0.2) is 46.5 Å². The van der Waals surface area contributed by atoms with Gasteiger partial charge in [-0.3, -0.25) is 4.79 Å². The average molecular weight is 524 g/mol. The van der Waals surface area contributed by atoms with Gasteiger partial charge in [0, 0.05) is 42.1 Å². The maximum atomic E-state index is 13.5. The van der Waals surface area contributed by atoms with E-state index in [2.05, 4.69) is 26.3 Å². The summed E-state index contributed by atoms with van der Waals surface area (Å²) in [6.45, 7) is 3.08. The topological polar surface area (TPSA) is 67.4 Å². The molecule has 4 rings (SSSR count). The fraction of sp³-hybridized carbons (Fsp3) is 0.400. The lowest BCUT2D eigenvalue weighted by atomic mass is 9.89. The van der Waals surface area contributed by atoms with E-state index in [1.165, 1.54) is 17.7 Å². The minimum absolute atomic E-state index is 0. The van der Waals surface area contributed by atoms with Crippen LogP contribution in [0.1, 0.15) is 47.8 Å². The lowest BCUT2D eigenvalue weighted by molar-refractivity contribution is 0.0604. The summed E-state index contributed by atoms with van der Waals surface area (Å²) < 4.78 is 5.94. The van der Waals surface area contributed by atoms with Crippen LogP contribution in [-0.2, 0) is 6.54 Å². The number of carbonyl (C=O) groups excluding carboxylic acids is 1. The molecule has 2 aromatic heterocycles. The molecule has 1 aromatic carbocycles. The zero-order valence-corrected chi connectivity index (χ0v) is 21.9. The van der Waals surface area contributed by atoms with Gasteiger partial charge in [-0.2, -0.15) is 0 Å². The normalized spacial score (nSPS) is 17.2. The summed E-state index contributed by atoms with van der Waals surface area (Å²) in [5.74, 6) is 0.921. The van der Waals surface area contributed by atoms with Crippen molar-refractivity contribution in [1.82, 2.24) is 20.2 Å². The third-order valence-corrected chi connectivity index (χ3v) is 6.99. The second-order valence-electron chi connectivity index (χ2n) is 8.09. The minimum atomic E-state index is 0. The Bertz CT molecular complexity index is 1010. The summed E-state index contributed by atoms with van der Waals surface area (Å²) in [6, 6.07) is 10.7. The van der Waals surface area contributed by atoms with E-state index < -0.39 is 0 Å². The summed E-state index contributed by atoms with van der Waals surface area (Å²) in [5.41, 5.74) is 2.97. The van der Waals surface area contributed by atoms with Gasteiger partial charge in [-0.1, -0.05) is 12.1 Å². The molecule has 1 aliphatic rings. The van der Waals surface area contributed by atoms with Gasteiger partial charge in [0.1, 0.15) is 12.1 Å². The lowest BCUT2D eigenvalue weighted by Gasteiger charge is -2.37. The molecule has 1 fully saturated rings. The SMILES string of the molecule is CCOc1ccc(-c2cncnc2)cc1CN(C(=O)c1cccs1)C1CCC(NC)CC1.Cl.Cl.